The first-order valence-corrected chi connectivity index (χ1v) is 7.49. The maximum absolute atomic E-state index is 12.3. The van der Waals surface area contributed by atoms with E-state index in [4.69, 9.17) is 4.74 Å². The SMILES string of the molecule is COC(=O)C1=C(C)N(C)C(=O)N[C@@H]1c1c(O)ccc2ccccc12. The molecule has 0 spiro atoms. The highest BCUT2D eigenvalue weighted by Crippen LogP contribution is 2.39. The van der Waals surface area contributed by atoms with E-state index in [0.717, 1.165) is 10.8 Å². The molecule has 2 aromatic carbocycles. The second kappa shape index (κ2) is 5.88. The summed E-state index contributed by atoms with van der Waals surface area (Å²) in [5.41, 5.74) is 1.27. The normalized spacial score (nSPS) is 17.9. The Kier molecular flexibility index (Phi) is 3.89. The summed E-state index contributed by atoms with van der Waals surface area (Å²) in [6, 6.07) is 9.70. The summed E-state index contributed by atoms with van der Waals surface area (Å²) in [5.74, 6) is -0.533. The monoisotopic (exact) mass is 326 g/mol. The lowest BCUT2D eigenvalue weighted by Crippen LogP contribution is -2.46. The fourth-order valence-corrected chi connectivity index (χ4v) is 3.01. The molecule has 3 rings (SSSR count). The maximum Gasteiger partial charge on any atom is 0.337 e. The predicted molar refractivity (Wildman–Crippen MR) is 89.4 cm³/mol. The molecule has 1 atom stereocenters. The van der Waals surface area contributed by atoms with E-state index in [1.165, 1.54) is 12.0 Å². The fraction of sp³-hybridized carbons (Fsp3) is 0.222. The quantitative estimate of drug-likeness (QED) is 0.832. The highest BCUT2D eigenvalue weighted by atomic mass is 16.5. The molecule has 2 amide bonds. The van der Waals surface area contributed by atoms with Gasteiger partial charge in [0.05, 0.1) is 18.7 Å². The molecule has 0 saturated carbocycles. The van der Waals surface area contributed by atoms with E-state index >= 15 is 0 Å². The molecule has 124 valence electrons. The number of phenolic OH excluding ortho intramolecular Hbond substituents is 1. The van der Waals surface area contributed by atoms with Crippen LogP contribution in [-0.4, -0.2) is 36.2 Å². The Morgan fingerprint density at radius 1 is 1.25 bits per heavy atom. The summed E-state index contributed by atoms with van der Waals surface area (Å²) in [7, 11) is 2.87. The lowest BCUT2D eigenvalue weighted by molar-refractivity contribution is -0.136. The Balaban J connectivity index is 2.29. The van der Waals surface area contributed by atoms with Crippen LogP contribution in [0.1, 0.15) is 18.5 Å². The third-order valence-electron chi connectivity index (χ3n) is 4.40. The van der Waals surface area contributed by atoms with E-state index in [1.54, 1.807) is 26.1 Å². The van der Waals surface area contributed by atoms with Crippen molar-refractivity contribution in [3.05, 3.63) is 53.2 Å². The van der Waals surface area contributed by atoms with E-state index in [9.17, 15) is 14.7 Å². The van der Waals surface area contributed by atoms with Crippen LogP contribution in [0.25, 0.3) is 10.8 Å². The van der Waals surface area contributed by atoms with Crippen molar-refractivity contribution in [1.29, 1.82) is 0 Å². The van der Waals surface area contributed by atoms with Crippen molar-refractivity contribution in [3.63, 3.8) is 0 Å². The summed E-state index contributed by atoms with van der Waals surface area (Å²) >= 11 is 0. The number of nitrogens with zero attached hydrogens (tertiary/aromatic N) is 1. The molecule has 1 heterocycles. The topological polar surface area (TPSA) is 78.9 Å². The summed E-state index contributed by atoms with van der Waals surface area (Å²) in [5, 5.41) is 14.9. The van der Waals surface area contributed by atoms with Crippen LogP contribution in [0.2, 0.25) is 0 Å². The molecule has 1 aliphatic heterocycles. The van der Waals surface area contributed by atoms with Gasteiger partial charge in [-0.2, -0.15) is 0 Å². The van der Waals surface area contributed by atoms with Crippen LogP contribution in [0, 0.1) is 0 Å². The second-order valence-electron chi connectivity index (χ2n) is 5.65. The first kappa shape index (κ1) is 15.9. The predicted octanol–water partition coefficient (Wildman–Crippen LogP) is 2.69. The van der Waals surface area contributed by atoms with Gasteiger partial charge in [0.25, 0.3) is 0 Å². The lowest BCUT2D eigenvalue weighted by Gasteiger charge is -2.33. The number of urea groups is 1. The number of allylic oxidation sites excluding steroid dienone is 1. The number of carbonyl (C=O) groups is 2. The van der Waals surface area contributed by atoms with E-state index in [0.29, 0.717) is 16.8 Å². The molecule has 2 N–H and O–H groups in total. The molecule has 6 nitrogen and oxygen atoms in total. The molecule has 0 radical (unpaired) electrons. The molecule has 0 fully saturated rings. The van der Waals surface area contributed by atoms with Gasteiger partial charge in [0.2, 0.25) is 0 Å². The molecule has 6 heteroatoms. The van der Waals surface area contributed by atoms with E-state index in [1.807, 2.05) is 24.3 Å². The van der Waals surface area contributed by atoms with Crippen LogP contribution < -0.4 is 5.32 Å². The molecule has 0 aliphatic carbocycles. The fourth-order valence-electron chi connectivity index (χ4n) is 3.01. The van der Waals surface area contributed by atoms with Gasteiger partial charge in [0, 0.05) is 18.3 Å². The van der Waals surface area contributed by atoms with Crippen molar-refractivity contribution in [1.82, 2.24) is 10.2 Å². The van der Waals surface area contributed by atoms with Crippen molar-refractivity contribution in [2.24, 2.45) is 0 Å². The number of carbonyl (C=O) groups excluding carboxylic acids is 2. The number of nitrogens with one attached hydrogen (secondary N) is 1. The first-order valence-electron chi connectivity index (χ1n) is 7.49. The number of hydrogen-bond acceptors (Lipinski definition) is 4. The second-order valence-corrected chi connectivity index (χ2v) is 5.65. The average Bonchev–Trinajstić information content (AvgIpc) is 2.59. The van der Waals surface area contributed by atoms with Gasteiger partial charge in [-0.05, 0) is 23.8 Å². The summed E-state index contributed by atoms with van der Waals surface area (Å²) in [6.45, 7) is 1.68. The molecule has 0 saturated heterocycles. The highest BCUT2D eigenvalue weighted by Gasteiger charge is 2.36. The van der Waals surface area contributed by atoms with E-state index in [2.05, 4.69) is 5.32 Å². The molecule has 0 unspecified atom stereocenters. The van der Waals surface area contributed by atoms with Gasteiger partial charge >= 0.3 is 12.0 Å². The lowest BCUT2D eigenvalue weighted by atomic mass is 9.90. The third-order valence-corrected chi connectivity index (χ3v) is 4.40. The summed E-state index contributed by atoms with van der Waals surface area (Å²) in [4.78, 5) is 25.9. The zero-order valence-corrected chi connectivity index (χ0v) is 13.7. The largest absolute Gasteiger partial charge is 0.508 e. The van der Waals surface area contributed by atoms with Crippen LogP contribution in [0.4, 0.5) is 4.79 Å². The minimum Gasteiger partial charge on any atom is -0.508 e. The van der Waals surface area contributed by atoms with Crippen molar-refractivity contribution in [2.45, 2.75) is 13.0 Å². The van der Waals surface area contributed by atoms with Gasteiger partial charge in [-0.1, -0.05) is 30.3 Å². The van der Waals surface area contributed by atoms with Gasteiger partial charge in [-0.15, -0.1) is 0 Å². The molecular weight excluding hydrogens is 308 g/mol. The Labute approximate surface area is 139 Å². The summed E-state index contributed by atoms with van der Waals surface area (Å²) in [6.07, 6.45) is 0. The molecule has 1 aliphatic rings. The van der Waals surface area contributed by atoms with Crippen LogP contribution >= 0.6 is 0 Å². The number of fused-ring (bicyclic) bond motifs is 1. The minimum atomic E-state index is -0.785. The van der Waals surface area contributed by atoms with Gasteiger partial charge < -0.3 is 20.1 Å². The van der Waals surface area contributed by atoms with E-state index in [-0.39, 0.29) is 11.8 Å². The van der Waals surface area contributed by atoms with Crippen molar-refractivity contribution in [3.8, 4) is 5.75 Å². The van der Waals surface area contributed by atoms with E-state index < -0.39 is 12.0 Å². The number of hydrogen-bond donors (Lipinski definition) is 2. The number of rotatable bonds is 2. The van der Waals surface area contributed by atoms with Crippen LogP contribution in [0.5, 0.6) is 5.75 Å². The number of amides is 2. The van der Waals surface area contributed by atoms with Gasteiger partial charge in [0.1, 0.15) is 5.75 Å². The maximum atomic E-state index is 12.3. The zero-order chi connectivity index (χ0) is 17.4. The van der Waals surface area contributed by atoms with Crippen LogP contribution in [0.15, 0.2) is 47.7 Å². The molecule has 0 aromatic heterocycles. The highest BCUT2D eigenvalue weighted by molar-refractivity contribution is 5.98. The number of aromatic hydroxyl groups is 1. The van der Waals surface area contributed by atoms with Crippen molar-refractivity contribution >= 4 is 22.8 Å². The van der Waals surface area contributed by atoms with Crippen molar-refractivity contribution in [2.75, 3.05) is 14.2 Å². The average molecular weight is 326 g/mol. The smallest absolute Gasteiger partial charge is 0.337 e. The number of ether oxygens (including phenoxy) is 1. The zero-order valence-electron chi connectivity index (χ0n) is 13.7. The Morgan fingerprint density at radius 3 is 2.67 bits per heavy atom. The number of methoxy groups -OCH3 is 1. The number of phenols is 1. The Bertz CT molecular complexity index is 872. The van der Waals surface area contributed by atoms with Gasteiger partial charge in [-0.3, -0.25) is 0 Å². The molecule has 24 heavy (non-hydrogen) atoms. The standard InChI is InChI=1S/C18H18N2O4/c1-10-14(17(22)24-3)16(19-18(23)20(10)2)15-12-7-5-4-6-11(12)8-9-13(15)21/h4-9,16,21H,1-3H3,(H,19,23)/t16-/m0/s1. The van der Waals surface area contributed by atoms with Crippen LogP contribution in [0.3, 0.4) is 0 Å². The summed E-state index contributed by atoms with van der Waals surface area (Å²) < 4.78 is 4.89. The number of benzene rings is 2. The van der Waals surface area contributed by atoms with Gasteiger partial charge in [0.15, 0.2) is 0 Å². The van der Waals surface area contributed by atoms with Gasteiger partial charge in [-0.25, -0.2) is 9.59 Å². The molecule has 0 bridgehead atoms. The first-order chi connectivity index (χ1) is 11.5. The molecule has 2 aromatic rings. The Hall–Kier alpha value is -3.02. The Morgan fingerprint density at radius 2 is 1.96 bits per heavy atom. The number of esters is 1. The minimum absolute atomic E-state index is 0.0118. The third kappa shape index (κ3) is 2.36. The molecular formula is C18H18N2O4. The van der Waals surface area contributed by atoms with Crippen LogP contribution in [-0.2, 0) is 9.53 Å². The van der Waals surface area contributed by atoms with Crippen molar-refractivity contribution < 1.29 is 19.4 Å².